The highest BCUT2D eigenvalue weighted by Gasteiger charge is 2.75. The molecule has 0 aromatic carbocycles. The molecule has 4 aliphatic rings. The molecular formula is C18H27N. The molecule has 0 saturated heterocycles. The summed E-state index contributed by atoms with van der Waals surface area (Å²) in [5.74, 6) is 4.75. The van der Waals surface area contributed by atoms with E-state index >= 15 is 0 Å². The van der Waals surface area contributed by atoms with Gasteiger partial charge in [0.05, 0.1) is 0 Å². The summed E-state index contributed by atoms with van der Waals surface area (Å²) < 4.78 is 0. The lowest BCUT2D eigenvalue weighted by atomic mass is 9.65. The van der Waals surface area contributed by atoms with Crippen LogP contribution in [0.25, 0.3) is 0 Å². The highest BCUT2D eigenvalue weighted by molar-refractivity contribution is 5.56. The molecule has 0 aromatic rings. The van der Waals surface area contributed by atoms with Gasteiger partial charge in [0.15, 0.2) is 0 Å². The van der Waals surface area contributed by atoms with Crippen LogP contribution < -0.4 is 5.32 Å². The third kappa shape index (κ3) is 1.18. The first-order chi connectivity index (χ1) is 9.03. The molecule has 0 amide bonds. The molecule has 8 atom stereocenters. The van der Waals surface area contributed by atoms with E-state index in [1.165, 1.54) is 6.42 Å². The molecule has 0 aromatic heterocycles. The van der Waals surface area contributed by atoms with Crippen molar-refractivity contribution in [2.45, 2.75) is 40.2 Å². The van der Waals surface area contributed by atoms with Gasteiger partial charge in [0.25, 0.3) is 0 Å². The fraction of sp³-hybridized carbons (Fsp3) is 0.778. The smallest absolute Gasteiger partial charge is 0.0232 e. The molecule has 104 valence electrons. The van der Waals surface area contributed by atoms with E-state index in [2.05, 4.69) is 52.2 Å². The van der Waals surface area contributed by atoms with E-state index in [0.717, 1.165) is 29.6 Å². The first kappa shape index (κ1) is 12.2. The second kappa shape index (κ2) is 3.55. The summed E-state index contributed by atoms with van der Waals surface area (Å²) in [4.78, 5) is 0. The van der Waals surface area contributed by atoms with Crippen molar-refractivity contribution in [3.8, 4) is 0 Å². The van der Waals surface area contributed by atoms with Crippen molar-refractivity contribution in [3.05, 3.63) is 23.3 Å². The highest BCUT2D eigenvalue weighted by Crippen LogP contribution is 2.79. The second-order valence-electron chi connectivity index (χ2n) is 7.75. The van der Waals surface area contributed by atoms with Crippen LogP contribution in [0, 0.1) is 40.9 Å². The fourth-order valence-corrected chi connectivity index (χ4v) is 6.34. The van der Waals surface area contributed by atoms with E-state index in [0.29, 0.717) is 17.4 Å². The van der Waals surface area contributed by atoms with Gasteiger partial charge in [0.1, 0.15) is 0 Å². The molecule has 1 heteroatoms. The van der Waals surface area contributed by atoms with E-state index in [4.69, 9.17) is 0 Å². The summed E-state index contributed by atoms with van der Waals surface area (Å²) in [6.45, 7) is 9.87. The lowest BCUT2D eigenvalue weighted by molar-refractivity contribution is 0.149. The zero-order chi connectivity index (χ0) is 13.5. The Morgan fingerprint density at radius 2 is 1.89 bits per heavy atom. The molecule has 1 nitrogen and oxygen atoms in total. The van der Waals surface area contributed by atoms with Gasteiger partial charge in [-0.05, 0) is 49.0 Å². The fourth-order valence-electron chi connectivity index (χ4n) is 6.34. The van der Waals surface area contributed by atoms with Crippen molar-refractivity contribution < 1.29 is 0 Å². The molecule has 1 N–H and O–H groups in total. The lowest BCUT2D eigenvalue weighted by Crippen LogP contribution is -2.49. The molecule has 2 saturated carbocycles. The van der Waals surface area contributed by atoms with Crippen LogP contribution in [0.3, 0.4) is 0 Å². The summed E-state index contributed by atoms with van der Waals surface area (Å²) in [5, 5.41) is 3.72. The lowest BCUT2D eigenvalue weighted by Gasteiger charge is -2.42. The minimum absolute atomic E-state index is 0.533. The molecule has 4 aliphatic carbocycles. The number of allylic oxidation sites excluding steroid dienone is 2. The van der Waals surface area contributed by atoms with Crippen LogP contribution >= 0.6 is 0 Å². The average Bonchev–Trinajstić information content (AvgIpc) is 2.87. The third-order valence-electron chi connectivity index (χ3n) is 6.91. The van der Waals surface area contributed by atoms with Crippen LogP contribution in [-0.4, -0.2) is 13.1 Å². The van der Waals surface area contributed by atoms with Crippen molar-refractivity contribution in [1.29, 1.82) is 0 Å². The Bertz CT molecular complexity index is 488. The molecule has 0 radical (unpaired) electrons. The Kier molecular flexibility index (Phi) is 2.28. The maximum atomic E-state index is 3.72. The Labute approximate surface area is 117 Å². The van der Waals surface area contributed by atoms with Crippen molar-refractivity contribution in [3.63, 3.8) is 0 Å². The van der Waals surface area contributed by atoms with Crippen LogP contribution in [0.15, 0.2) is 23.3 Å². The summed E-state index contributed by atoms with van der Waals surface area (Å²) in [5.41, 5.74) is 4.08. The van der Waals surface area contributed by atoms with E-state index in [-0.39, 0.29) is 0 Å². The van der Waals surface area contributed by atoms with Crippen LogP contribution in [0.5, 0.6) is 0 Å². The average molecular weight is 257 g/mol. The Morgan fingerprint density at radius 1 is 1.16 bits per heavy atom. The molecule has 8 unspecified atom stereocenters. The Morgan fingerprint density at radius 3 is 2.58 bits per heavy atom. The van der Waals surface area contributed by atoms with Gasteiger partial charge in [0.2, 0.25) is 0 Å². The maximum Gasteiger partial charge on any atom is 0.0232 e. The quantitative estimate of drug-likeness (QED) is 0.707. The second-order valence-corrected chi connectivity index (χ2v) is 7.75. The molecule has 19 heavy (non-hydrogen) atoms. The van der Waals surface area contributed by atoms with Gasteiger partial charge in [-0.15, -0.1) is 0 Å². The standard InChI is InChI=1S/C18H27N/c1-9-6-11(3)16-15-8-14-10(2)7-13(9)12(4)17(19-5)18(14,15)16/h7-12,14,16-17,19H,6H2,1-5H3. The van der Waals surface area contributed by atoms with Crippen LogP contribution in [0.4, 0.5) is 0 Å². The topological polar surface area (TPSA) is 12.0 Å². The maximum absolute atomic E-state index is 3.72. The number of hydrogen-bond donors (Lipinski definition) is 1. The Hall–Kier alpha value is -0.560. The van der Waals surface area contributed by atoms with Gasteiger partial charge in [-0.1, -0.05) is 51.0 Å². The zero-order valence-corrected chi connectivity index (χ0v) is 12.9. The molecule has 1 spiro atoms. The molecule has 0 heterocycles. The summed E-state index contributed by atoms with van der Waals surface area (Å²) >= 11 is 0. The van der Waals surface area contributed by atoms with Crippen LogP contribution in [-0.2, 0) is 0 Å². The van der Waals surface area contributed by atoms with Gasteiger partial charge in [-0.25, -0.2) is 0 Å². The van der Waals surface area contributed by atoms with Crippen molar-refractivity contribution in [2.75, 3.05) is 7.05 Å². The minimum atomic E-state index is 0.533. The van der Waals surface area contributed by atoms with E-state index in [1.54, 1.807) is 5.57 Å². The first-order valence-electron chi connectivity index (χ1n) is 8.14. The molecule has 2 fully saturated rings. The van der Waals surface area contributed by atoms with Crippen molar-refractivity contribution in [2.24, 2.45) is 40.9 Å². The number of hydrogen-bond acceptors (Lipinski definition) is 1. The zero-order valence-electron chi connectivity index (χ0n) is 12.9. The number of fused-ring (bicyclic) bond motifs is 3. The van der Waals surface area contributed by atoms with Crippen LogP contribution in [0.2, 0.25) is 0 Å². The van der Waals surface area contributed by atoms with E-state index in [9.17, 15) is 0 Å². The Balaban J connectivity index is 1.90. The predicted molar refractivity (Wildman–Crippen MR) is 79.7 cm³/mol. The van der Waals surface area contributed by atoms with Gasteiger partial charge in [-0.2, -0.15) is 0 Å². The van der Waals surface area contributed by atoms with Crippen LogP contribution in [0.1, 0.15) is 34.1 Å². The molecular weight excluding hydrogens is 230 g/mol. The van der Waals surface area contributed by atoms with Gasteiger partial charge in [-0.3, -0.25) is 0 Å². The van der Waals surface area contributed by atoms with E-state index in [1.807, 2.05) is 5.57 Å². The number of rotatable bonds is 1. The largest absolute Gasteiger partial charge is 0.315 e. The molecule has 2 bridgehead atoms. The highest BCUT2D eigenvalue weighted by atomic mass is 15.0. The normalized spacial score (nSPS) is 58.1. The summed E-state index contributed by atoms with van der Waals surface area (Å²) in [6, 6.07) is 0.670. The SMILES string of the molecule is CNC1C(C)C2=CC(C)C3C=C4C(C(C)CC2C)C431. The molecule has 0 aliphatic heterocycles. The van der Waals surface area contributed by atoms with E-state index < -0.39 is 0 Å². The number of nitrogens with one attached hydrogen (secondary N) is 1. The van der Waals surface area contributed by atoms with Gasteiger partial charge >= 0.3 is 0 Å². The third-order valence-corrected chi connectivity index (χ3v) is 6.91. The predicted octanol–water partition coefficient (Wildman–Crippen LogP) is 3.63. The minimum Gasteiger partial charge on any atom is -0.315 e. The molecule has 4 rings (SSSR count). The van der Waals surface area contributed by atoms with Gasteiger partial charge < -0.3 is 5.32 Å². The van der Waals surface area contributed by atoms with Crippen molar-refractivity contribution >= 4 is 0 Å². The van der Waals surface area contributed by atoms with Gasteiger partial charge in [0, 0.05) is 11.5 Å². The summed E-state index contributed by atoms with van der Waals surface area (Å²) in [7, 11) is 2.18. The van der Waals surface area contributed by atoms with Crippen molar-refractivity contribution in [1.82, 2.24) is 5.32 Å². The monoisotopic (exact) mass is 257 g/mol. The summed E-state index contributed by atoms with van der Waals surface area (Å²) in [6.07, 6.45) is 6.65. The first-order valence-corrected chi connectivity index (χ1v) is 8.14.